The zero-order chi connectivity index (χ0) is 15.2. The number of piperidine rings is 1. The van der Waals surface area contributed by atoms with E-state index in [1.165, 1.54) is 30.8 Å². The highest BCUT2D eigenvalue weighted by molar-refractivity contribution is 7.05. The maximum Gasteiger partial charge on any atom is 0.220 e. The van der Waals surface area contributed by atoms with E-state index in [0.29, 0.717) is 24.9 Å². The molecule has 1 fully saturated rings. The van der Waals surface area contributed by atoms with Gasteiger partial charge in [-0.25, -0.2) is 0 Å². The van der Waals surface area contributed by atoms with Crippen molar-refractivity contribution < 1.29 is 4.79 Å². The highest BCUT2D eigenvalue weighted by atomic mass is 32.1. The highest BCUT2D eigenvalue weighted by Gasteiger charge is 2.19. The predicted octanol–water partition coefficient (Wildman–Crippen LogP) is 2.54. The number of carbonyl (C=O) groups is 1. The summed E-state index contributed by atoms with van der Waals surface area (Å²) in [5, 5.41) is 7.14. The molecule has 5 nitrogen and oxygen atoms in total. The number of likely N-dealkylation sites (tertiary alicyclic amines) is 1. The molecule has 1 atom stereocenters. The molecule has 6 heteroatoms. The molecule has 0 bridgehead atoms. The summed E-state index contributed by atoms with van der Waals surface area (Å²) in [6, 6.07) is 0.570. The molecule has 1 aromatic rings. The Kier molecular flexibility index (Phi) is 6.11. The van der Waals surface area contributed by atoms with Gasteiger partial charge in [0, 0.05) is 12.5 Å². The summed E-state index contributed by atoms with van der Waals surface area (Å²) in [6.07, 6.45) is 5.37. The number of hydrogen-bond acceptors (Lipinski definition) is 5. The van der Waals surface area contributed by atoms with E-state index in [1.54, 1.807) is 0 Å². The van der Waals surface area contributed by atoms with Gasteiger partial charge in [0.15, 0.2) is 0 Å². The average molecular weight is 310 g/mol. The number of hydrogen-bond donors (Lipinski definition) is 1. The molecule has 1 aliphatic rings. The van der Waals surface area contributed by atoms with E-state index in [4.69, 9.17) is 0 Å². The van der Waals surface area contributed by atoms with Crippen LogP contribution in [0.5, 0.6) is 0 Å². The molecular formula is C15H26N4OS. The van der Waals surface area contributed by atoms with Crippen molar-refractivity contribution in [1.29, 1.82) is 0 Å². The minimum atomic E-state index is 0.136. The lowest BCUT2D eigenvalue weighted by molar-refractivity contribution is -0.121. The largest absolute Gasteiger partial charge is 0.351 e. The topological polar surface area (TPSA) is 58.1 Å². The summed E-state index contributed by atoms with van der Waals surface area (Å²) >= 11 is 1.38. The van der Waals surface area contributed by atoms with Crippen molar-refractivity contribution in [2.75, 3.05) is 13.6 Å². The van der Waals surface area contributed by atoms with Crippen molar-refractivity contribution in [2.45, 2.75) is 64.5 Å². The van der Waals surface area contributed by atoms with E-state index >= 15 is 0 Å². The van der Waals surface area contributed by atoms with Crippen LogP contribution in [0, 0.1) is 0 Å². The van der Waals surface area contributed by atoms with Crippen molar-refractivity contribution in [3.8, 4) is 0 Å². The van der Waals surface area contributed by atoms with Gasteiger partial charge in [-0.05, 0) is 50.3 Å². The first-order valence-corrected chi connectivity index (χ1v) is 8.63. The Morgan fingerprint density at radius 1 is 1.48 bits per heavy atom. The normalized spacial score (nSPS) is 19.9. The molecule has 2 rings (SSSR count). The SMILES string of the molecule is CC(C)c1nnsc1CNC(=O)CC[C@H]1CCCCN1C. The third-order valence-electron chi connectivity index (χ3n) is 4.20. The van der Waals surface area contributed by atoms with Crippen molar-refractivity contribution in [1.82, 2.24) is 19.8 Å². The van der Waals surface area contributed by atoms with Gasteiger partial charge < -0.3 is 10.2 Å². The van der Waals surface area contributed by atoms with Crippen LogP contribution < -0.4 is 5.32 Å². The molecule has 21 heavy (non-hydrogen) atoms. The van der Waals surface area contributed by atoms with Gasteiger partial charge in [0.2, 0.25) is 5.91 Å². The molecule has 0 unspecified atom stereocenters. The Morgan fingerprint density at radius 3 is 3.00 bits per heavy atom. The molecular weight excluding hydrogens is 284 g/mol. The van der Waals surface area contributed by atoms with Gasteiger partial charge in [0.1, 0.15) is 0 Å². The van der Waals surface area contributed by atoms with Gasteiger partial charge in [-0.1, -0.05) is 24.8 Å². The number of aromatic nitrogens is 2. The van der Waals surface area contributed by atoms with Gasteiger partial charge in [-0.15, -0.1) is 5.10 Å². The third-order valence-corrected chi connectivity index (χ3v) is 4.94. The standard InChI is InChI=1S/C15H26N4OS/c1-11(2)15-13(21-18-17-15)10-16-14(20)8-7-12-6-4-5-9-19(12)3/h11-12H,4-10H2,1-3H3,(H,16,20)/t12-/m1/s1. The molecule has 1 amide bonds. The average Bonchev–Trinajstić information content (AvgIpc) is 2.93. The van der Waals surface area contributed by atoms with Gasteiger partial charge >= 0.3 is 0 Å². The summed E-state index contributed by atoms with van der Waals surface area (Å²) in [5.41, 5.74) is 1.01. The third kappa shape index (κ3) is 4.74. The van der Waals surface area contributed by atoms with Crippen molar-refractivity contribution in [3.63, 3.8) is 0 Å². The van der Waals surface area contributed by atoms with E-state index in [2.05, 4.69) is 40.7 Å². The van der Waals surface area contributed by atoms with Crippen molar-refractivity contribution in [3.05, 3.63) is 10.6 Å². The van der Waals surface area contributed by atoms with Crippen LogP contribution in [0.4, 0.5) is 0 Å². The van der Waals surface area contributed by atoms with Crippen LogP contribution in [-0.4, -0.2) is 40.0 Å². The van der Waals surface area contributed by atoms with Crippen LogP contribution in [0.2, 0.25) is 0 Å². The minimum absolute atomic E-state index is 0.136. The van der Waals surface area contributed by atoms with Crippen molar-refractivity contribution in [2.24, 2.45) is 0 Å². The number of rotatable bonds is 6. The van der Waals surface area contributed by atoms with Gasteiger partial charge in [-0.2, -0.15) is 0 Å². The quantitative estimate of drug-likeness (QED) is 0.877. The molecule has 2 heterocycles. The van der Waals surface area contributed by atoms with Crippen LogP contribution >= 0.6 is 11.5 Å². The molecule has 1 N–H and O–H groups in total. The Balaban J connectivity index is 1.73. The van der Waals surface area contributed by atoms with Gasteiger partial charge in [0.25, 0.3) is 0 Å². The number of nitrogens with one attached hydrogen (secondary N) is 1. The van der Waals surface area contributed by atoms with E-state index in [0.717, 1.165) is 23.5 Å². The van der Waals surface area contributed by atoms with Gasteiger partial charge in [0.05, 0.1) is 17.1 Å². The first-order valence-electron chi connectivity index (χ1n) is 7.86. The lowest BCUT2D eigenvalue weighted by Crippen LogP contribution is -2.37. The van der Waals surface area contributed by atoms with Crippen LogP contribution in [0.1, 0.15) is 62.4 Å². The molecule has 1 aromatic heterocycles. The molecule has 0 aliphatic carbocycles. The second kappa shape index (κ2) is 7.84. The van der Waals surface area contributed by atoms with Crippen molar-refractivity contribution >= 4 is 17.4 Å². The fourth-order valence-electron chi connectivity index (χ4n) is 2.85. The molecule has 0 saturated carbocycles. The lowest BCUT2D eigenvalue weighted by Gasteiger charge is -2.32. The number of nitrogens with zero attached hydrogens (tertiary/aromatic N) is 3. The molecule has 0 aromatic carbocycles. The second-order valence-corrected chi connectivity index (χ2v) is 7.02. The monoisotopic (exact) mass is 310 g/mol. The minimum Gasteiger partial charge on any atom is -0.351 e. The molecule has 0 spiro atoms. The van der Waals surface area contributed by atoms with E-state index < -0.39 is 0 Å². The summed E-state index contributed by atoms with van der Waals surface area (Å²) in [7, 11) is 2.17. The Bertz CT molecular complexity index is 460. The molecule has 1 aliphatic heterocycles. The van der Waals surface area contributed by atoms with Gasteiger partial charge in [-0.3, -0.25) is 4.79 Å². The fourth-order valence-corrected chi connectivity index (χ4v) is 3.58. The number of amides is 1. The lowest BCUT2D eigenvalue weighted by atomic mass is 9.98. The summed E-state index contributed by atoms with van der Waals surface area (Å²) in [6.45, 7) is 5.92. The maximum absolute atomic E-state index is 12.0. The van der Waals surface area contributed by atoms with E-state index in [9.17, 15) is 4.79 Å². The smallest absolute Gasteiger partial charge is 0.220 e. The Morgan fingerprint density at radius 2 is 2.29 bits per heavy atom. The first kappa shape index (κ1) is 16.4. The summed E-state index contributed by atoms with van der Waals surface area (Å²) in [5.74, 6) is 0.489. The molecule has 118 valence electrons. The zero-order valence-electron chi connectivity index (χ0n) is 13.3. The highest BCUT2D eigenvalue weighted by Crippen LogP contribution is 2.20. The second-order valence-electron chi connectivity index (χ2n) is 6.18. The fraction of sp³-hybridized carbons (Fsp3) is 0.800. The van der Waals surface area contributed by atoms with E-state index in [-0.39, 0.29) is 5.91 Å². The van der Waals surface area contributed by atoms with Crippen LogP contribution in [0.3, 0.4) is 0 Å². The number of carbonyl (C=O) groups excluding carboxylic acids is 1. The molecule has 0 radical (unpaired) electrons. The predicted molar refractivity (Wildman–Crippen MR) is 85.3 cm³/mol. The maximum atomic E-state index is 12.0. The Labute approximate surface area is 131 Å². The summed E-state index contributed by atoms with van der Waals surface area (Å²) < 4.78 is 3.98. The van der Waals surface area contributed by atoms with Crippen LogP contribution in [0.25, 0.3) is 0 Å². The summed E-state index contributed by atoms with van der Waals surface area (Å²) in [4.78, 5) is 15.5. The first-order chi connectivity index (χ1) is 10.1. The van der Waals surface area contributed by atoms with Crippen LogP contribution in [0.15, 0.2) is 0 Å². The molecule has 1 saturated heterocycles. The zero-order valence-corrected chi connectivity index (χ0v) is 14.1. The van der Waals surface area contributed by atoms with E-state index in [1.807, 2.05) is 0 Å². The Hall–Kier alpha value is -1.01. The van der Waals surface area contributed by atoms with Crippen LogP contribution in [-0.2, 0) is 11.3 Å².